The molecule has 3 amide bonds. The molecular formula is C12H19N5O6S2. The molecule has 1 aromatic rings. The summed E-state index contributed by atoms with van der Waals surface area (Å²) >= 11 is 0.448. The second-order valence-electron chi connectivity index (χ2n) is 5.17. The lowest BCUT2D eigenvalue weighted by atomic mass is 9.99. The first-order valence-corrected chi connectivity index (χ1v) is 9.73. The van der Waals surface area contributed by atoms with E-state index in [1.165, 1.54) is 0 Å². The summed E-state index contributed by atoms with van der Waals surface area (Å²) in [7, 11) is -3.62. The monoisotopic (exact) mass is 393 g/mol. The molecule has 0 aliphatic carbocycles. The topological polar surface area (TPSA) is 195 Å². The van der Waals surface area contributed by atoms with Gasteiger partial charge >= 0.3 is 12.0 Å². The van der Waals surface area contributed by atoms with Crippen molar-refractivity contribution in [3.8, 4) is 0 Å². The molecule has 1 aromatic heterocycles. The molecule has 0 radical (unpaired) electrons. The number of primary amides is 2. The van der Waals surface area contributed by atoms with E-state index in [1.54, 1.807) is 0 Å². The fourth-order valence-electron chi connectivity index (χ4n) is 1.90. The van der Waals surface area contributed by atoms with Crippen LogP contribution in [0, 0.1) is 5.92 Å². The van der Waals surface area contributed by atoms with Crippen molar-refractivity contribution < 1.29 is 27.9 Å². The van der Waals surface area contributed by atoms with Crippen LogP contribution in [0.2, 0.25) is 0 Å². The summed E-state index contributed by atoms with van der Waals surface area (Å²) in [6.07, 6.45) is 2.92. The van der Waals surface area contributed by atoms with E-state index in [-0.39, 0.29) is 22.5 Å². The Bertz CT molecular complexity index is 754. The molecule has 2 rings (SSSR count). The molecule has 1 aliphatic rings. The van der Waals surface area contributed by atoms with Crippen molar-refractivity contribution in [3.05, 3.63) is 4.88 Å². The number of piperidine rings is 1. The standard InChI is InChI=1S/C6H7N3O5S2.C6H12N2O/c1-16(13,14)6-9-3(8-5(7)12)2(15-6)4(10)11;7-6(9)5-2-1-3-8-4-5/h1H3,(H,10,11)(H3,7,8,12);5,8H,1-4H2,(H2,7,9)/t;5-/m.0/s1. The number of nitrogens with one attached hydrogen (secondary N) is 2. The predicted octanol–water partition coefficient (Wildman–Crippen LogP) is -0.793. The molecule has 0 aromatic carbocycles. The van der Waals surface area contributed by atoms with Gasteiger partial charge in [0.25, 0.3) is 0 Å². The summed E-state index contributed by atoms with van der Waals surface area (Å²) in [5.41, 5.74) is 9.87. The minimum atomic E-state index is -3.62. The van der Waals surface area contributed by atoms with Gasteiger partial charge in [0.2, 0.25) is 20.1 Å². The minimum absolute atomic E-state index is 0.0822. The van der Waals surface area contributed by atoms with Crippen LogP contribution in [0.1, 0.15) is 22.5 Å². The van der Waals surface area contributed by atoms with E-state index < -0.39 is 26.2 Å². The lowest BCUT2D eigenvalue weighted by molar-refractivity contribution is -0.122. The zero-order chi connectivity index (χ0) is 19.2. The minimum Gasteiger partial charge on any atom is -0.477 e. The van der Waals surface area contributed by atoms with Crippen molar-refractivity contribution in [2.45, 2.75) is 17.2 Å². The molecule has 140 valence electrons. The number of anilines is 1. The molecule has 1 atom stereocenters. The van der Waals surface area contributed by atoms with Gasteiger partial charge in [-0.15, -0.1) is 0 Å². The number of aromatic nitrogens is 1. The van der Waals surface area contributed by atoms with Crippen LogP contribution in [0.4, 0.5) is 10.6 Å². The van der Waals surface area contributed by atoms with E-state index in [0.717, 1.165) is 32.2 Å². The lowest BCUT2D eigenvalue weighted by Crippen LogP contribution is -2.37. The van der Waals surface area contributed by atoms with Crippen molar-refractivity contribution in [2.75, 3.05) is 24.7 Å². The van der Waals surface area contributed by atoms with Gasteiger partial charge in [-0.05, 0) is 19.4 Å². The van der Waals surface area contributed by atoms with Gasteiger partial charge < -0.3 is 21.9 Å². The van der Waals surface area contributed by atoms with Crippen LogP contribution in [0.3, 0.4) is 0 Å². The maximum Gasteiger partial charge on any atom is 0.349 e. The van der Waals surface area contributed by atoms with Crippen LogP contribution in [-0.4, -0.2) is 55.8 Å². The zero-order valence-corrected chi connectivity index (χ0v) is 14.9. The number of urea groups is 1. The lowest BCUT2D eigenvalue weighted by Gasteiger charge is -2.18. The number of nitrogens with zero attached hydrogens (tertiary/aromatic N) is 1. The highest BCUT2D eigenvalue weighted by molar-refractivity contribution is 7.92. The van der Waals surface area contributed by atoms with Gasteiger partial charge in [-0.1, -0.05) is 11.3 Å². The molecule has 0 unspecified atom stereocenters. The summed E-state index contributed by atoms with van der Waals surface area (Å²) < 4.78 is 21.8. The van der Waals surface area contributed by atoms with E-state index in [1.807, 2.05) is 5.32 Å². The van der Waals surface area contributed by atoms with Crippen LogP contribution >= 0.6 is 11.3 Å². The Morgan fingerprint density at radius 3 is 2.36 bits per heavy atom. The first-order valence-electron chi connectivity index (χ1n) is 7.03. The second-order valence-corrected chi connectivity index (χ2v) is 8.36. The van der Waals surface area contributed by atoms with Crippen molar-refractivity contribution >= 4 is 44.9 Å². The van der Waals surface area contributed by atoms with Gasteiger partial charge in [-0.3, -0.25) is 10.1 Å². The molecule has 13 heteroatoms. The van der Waals surface area contributed by atoms with Crippen LogP contribution in [0.25, 0.3) is 0 Å². The number of rotatable bonds is 4. The van der Waals surface area contributed by atoms with E-state index >= 15 is 0 Å². The summed E-state index contributed by atoms with van der Waals surface area (Å²) in [6, 6.07) is -1.02. The van der Waals surface area contributed by atoms with E-state index in [4.69, 9.17) is 16.6 Å². The Labute approximate surface area is 147 Å². The number of hydrogen-bond acceptors (Lipinski definition) is 8. The summed E-state index contributed by atoms with van der Waals surface area (Å²) in [6.45, 7) is 1.80. The van der Waals surface area contributed by atoms with Gasteiger partial charge in [0.1, 0.15) is 0 Å². The number of nitrogens with two attached hydrogens (primary N) is 2. The molecule has 7 N–H and O–H groups in total. The quantitative estimate of drug-likeness (QED) is 0.438. The third kappa shape index (κ3) is 6.64. The number of sulfone groups is 1. The van der Waals surface area contributed by atoms with Crippen molar-refractivity contribution in [3.63, 3.8) is 0 Å². The molecular weight excluding hydrogens is 374 g/mol. The van der Waals surface area contributed by atoms with Gasteiger partial charge in [0.05, 0.1) is 5.92 Å². The number of thiazole rings is 1. The number of carbonyl (C=O) groups excluding carboxylic acids is 2. The number of hydrogen-bond donors (Lipinski definition) is 5. The first-order chi connectivity index (χ1) is 11.5. The third-order valence-corrected chi connectivity index (χ3v) is 5.78. The average Bonchev–Trinajstić information content (AvgIpc) is 2.92. The molecule has 25 heavy (non-hydrogen) atoms. The third-order valence-electron chi connectivity index (χ3n) is 3.06. The van der Waals surface area contributed by atoms with Crippen LogP contribution in [0.15, 0.2) is 4.34 Å². The Hall–Kier alpha value is -2.25. The first kappa shape index (κ1) is 20.8. The highest BCUT2D eigenvalue weighted by atomic mass is 32.2. The molecule has 0 bridgehead atoms. The summed E-state index contributed by atoms with van der Waals surface area (Å²) in [4.78, 5) is 34.9. The van der Waals surface area contributed by atoms with Crippen LogP contribution in [-0.2, 0) is 14.6 Å². The maximum atomic E-state index is 11.1. The highest BCUT2D eigenvalue weighted by Gasteiger charge is 2.23. The molecule has 2 heterocycles. The fourth-order valence-corrected chi connectivity index (χ4v) is 3.60. The summed E-state index contributed by atoms with van der Waals surface area (Å²) in [5, 5.41) is 13.8. The smallest absolute Gasteiger partial charge is 0.349 e. The SMILES string of the molecule is CS(=O)(=O)c1nc(NC(N)=O)c(C(=O)O)s1.NC(=O)[C@H]1CCCNC1. The van der Waals surface area contributed by atoms with Gasteiger partial charge in [-0.2, -0.15) is 0 Å². The molecule has 0 spiro atoms. The normalized spacial score (nSPS) is 17.1. The molecule has 1 fully saturated rings. The second kappa shape index (κ2) is 8.73. The van der Waals surface area contributed by atoms with Gasteiger partial charge in [0.15, 0.2) is 10.7 Å². The Morgan fingerprint density at radius 2 is 2.00 bits per heavy atom. The molecule has 1 saturated heterocycles. The number of aromatic carboxylic acids is 1. The van der Waals surface area contributed by atoms with E-state index in [9.17, 15) is 22.8 Å². The van der Waals surface area contributed by atoms with Gasteiger partial charge in [0, 0.05) is 12.8 Å². The number of amides is 3. The van der Waals surface area contributed by atoms with Crippen molar-refractivity contribution in [1.82, 2.24) is 10.3 Å². The predicted molar refractivity (Wildman–Crippen MR) is 90.2 cm³/mol. The highest BCUT2D eigenvalue weighted by Crippen LogP contribution is 2.26. The average molecular weight is 393 g/mol. The van der Waals surface area contributed by atoms with E-state index in [0.29, 0.717) is 11.3 Å². The van der Waals surface area contributed by atoms with E-state index in [2.05, 4.69) is 10.3 Å². The van der Waals surface area contributed by atoms with Crippen LogP contribution in [0.5, 0.6) is 0 Å². The Balaban J connectivity index is 0.000000293. The number of carboxylic acids is 1. The number of carboxylic acid groups (broad SMARTS) is 1. The van der Waals surface area contributed by atoms with Crippen LogP contribution < -0.4 is 22.1 Å². The molecule has 11 nitrogen and oxygen atoms in total. The molecule has 0 saturated carbocycles. The number of carbonyl (C=O) groups is 3. The van der Waals surface area contributed by atoms with Crippen molar-refractivity contribution in [2.24, 2.45) is 17.4 Å². The zero-order valence-electron chi connectivity index (χ0n) is 13.3. The largest absolute Gasteiger partial charge is 0.477 e. The fraction of sp³-hybridized carbons (Fsp3) is 0.500. The van der Waals surface area contributed by atoms with Crippen molar-refractivity contribution in [1.29, 1.82) is 0 Å². The Morgan fingerprint density at radius 1 is 1.36 bits per heavy atom. The van der Waals surface area contributed by atoms with Gasteiger partial charge in [-0.25, -0.2) is 23.0 Å². The molecule has 1 aliphatic heterocycles. The Kier molecular flexibility index (Phi) is 7.26. The maximum absolute atomic E-state index is 11.1. The summed E-state index contributed by atoms with van der Waals surface area (Å²) in [5.74, 6) is -1.84.